The van der Waals surface area contributed by atoms with E-state index in [0.29, 0.717) is 11.7 Å². The Kier molecular flexibility index (Phi) is 2.60. The van der Waals surface area contributed by atoms with E-state index in [1.807, 2.05) is 6.07 Å². The molecule has 6 nitrogen and oxygen atoms in total. The Morgan fingerprint density at radius 3 is 2.53 bits per heavy atom. The van der Waals surface area contributed by atoms with Gasteiger partial charge >= 0.3 is 0 Å². The van der Waals surface area contributed by atoms with Crippen LogP contribution in [0.5, 0.6) is 0 Å². The predicted octanol–water partition coefficient (Wildman–Crippen LogP) is 2.52. The quantitative estimate of drug-likeness (QED) is 0.896. The fourth-order valence-corrected chi connectivity index (χ4v) is 1.86. The summed E-state index contributed by atoms with van der Waals surface area (Å²) in [5.74, 6) is 1.54. The first-order valence-electron chi connectivity index (χ1n) is 5.10. The maximum absolute atomic E-state index is 5.67. The van der Waals surface area contributed by atoms with Crippen molar-refractivity contribution in [1.82, 2.24) is 25.1 Å². The molecule has 1 saturated carbocycles. The Labute approximate surface area is 107 Å². The Hall–Kier alpha value is -1.40. The van der Waals surface area contributed by atoms with Crippen molar-refractivity contribution >= 4 is 35.0 Å². The summed E-state index contributed by atoms with van der Waals surface area (Å²) in [6.45, 7) is 0. The van der Waals surface area contributed by atoms with Gasteiger partial charge in [-0.25, -0.2) is 0 Å². The Bertz CT molecular complexity index is 530. The highest BCUT2D eigenvalue weighted by atomic mass is 35.5. The summed E-state index contributed by atoms with van der Waals surface area (Å²) < 4.78 is 0. The minimum Gasteiger partial charge on any atom is -0.307 e. The van der Waals surface area contributed by atoms with Gasteiger partial charge in [-0.15, -0.1) is 0 Å². The molecule has 0 aromatic carbocycles. The van der Waals surface area contributed by atoms with Crippen molar-refractivity contribution in [2.45, 2.75) is 18.8 Å². The molecule has 1 aliphatic rings. The maximum Gasteiger partial charge on any atom is 0.234 e. The SMILES string of the molecule is Clc1nc(Cl)nc(Nc2cc(C3CC3)[nH]n2)n1. The molecule has 0 saturated heterocycles. The molecule has 2 aromatic rings. The summed E-state index contributed by atoms with van der Waals surface area (Å²) in [5.41, 5.74) is 1.12. The zero-order chi connectivity index (χ0) is 11.8. The van der Waals surface area contributed by atoms with Gasteiger partial charge in [0.25, 0.3) is 0 Å². The van der Waals surface area contributed by atoms with E-state index in [9.17, 15) is 0 Å². The third-order valence-electron chi connectivity index (χ3n) is 2.44. The van der Waals surface area contributed by atoms with Gasteiger partial charge in [-0.1, -0.05) is 0 Å². The molecular formula is C9H8Cl2N6. The van der Waals surface area contributed by atoms with Gasteiger partial charge in [0, 0.05) is 17.7 Å². The van der Waals surface area contributed by atoms with Crippen molar-refractivity contribution in [3.8, 4) is 0 Å². The molecule has 0 atom stereocenters. The number of H-pyrrole nitrogens is 1. The van der Waals surface area contributed by atoms with Crippen LogP contribution >= 0.6 is 23.2 Å². The number of hydrogen-bond acceptors (Lipinski definition) is 5. The lowest BCUT2D eigenvalue weighted by Gasteiger charge is -2.00. The first kappa shape index (κ1) is 10.7. The second-order valence-corrected chi connectivity index (χ2v) is 4.48. The molecule has 1 aliphatic carbocycles. The van der Waals surface area contributed by atoms with Crippen molar-refractivity contribution < 1.29 is 0 Å². The summed E-state index contributed by atoms with van der Waals surface area (Å²) in [7, 11) is 0. The highest BCUT2D eigenvalue weighted by Crippen LogP contribution is 2.39. The maximum atomic E-state index is 5.67. The van der Waals surface area contributed by atoms with Crippen LogP contribution < -0.4 is 5.32 Å². The van der Waals surface area contributed by atoms with Crippen molar-refractivity contribution in [2.75, 3.05) is 5.32 Å². The smallest absolute Gasteiger partial charge is 0.234 e. The van der Waals surface area contributed by atoms with Gasteiger partial charge < -0.3 is 5.32 Å². The molecular weight excluding hydrogens is 263 g/mol. The average molecular weight is 271 g/mol. The lowest BCUT2D eigenvalue weighted by Crippen LogP contribution is -1.99. The van der Waals surface area contributed by atoms with Crippen LogP contribution in [0.25, 0.3) is 0 Å². The molecule has 0 aliphatic heterocycles. The number of hydrogen-bond donors (Lipinski definition) is 2. The van der Waals surface area contributed by atoms with Gasteiger partial charge in [0.1, 0.15) is 0 Å². The van der Waals surface area contributed by atoms with Gasteiger partial charge in [-0.05, 0) is 36.0 Å². The highest BCUT2D eigenvalue weighted by molar-refractivity contribution is 6.31. The number of nitrogens with one attached hydrogen (secondary N) is 2. The predicted molar refractivity (Wildman–Crippen MR) is 63.7 cm³/mol. The van der Waals surface area contributed by atoms with E-state index in [1.165, 1.54) is 12.8 Å². The van der Waals surface area contributed by atoms with Crippen LogP contribution in [-0.2, 0) is 0 Å². The number of nitrogens with zero attached hydrogens (tertiary/aromatic N) is 4. The van der Waals surface area contributed by atoms with Crippen LogP contribution in [0.1, 0.15) is 24.5 Å². The van der Waals surface area contributed by atoms with Crippen LogP contribution in [0.15, 0.2) is 6.07 Å². The number of aromatic amines is 1. The van der Waals surface area contributed by atoms with E-state index in [0.717, 1.165) is 5.69 Å². The standard InChI is InChI=1S/C9H8Cl2N6/c10-7-13-8(11)15-9(14-7)12-6-3-5(16-17-6)4-1-2-4/h3-4H,1-2H2,(H2,12,13,14,15,16,17). The van der Waals surface area contributed by atoms with E-state index in [2.05, 4.69) is 30.5 Å². The largest absolute Gasteiger partial charge is 0.307 e. The van der Waals surface area contributed by atoms with E-state index < -0.39 is 0 Å². The summed E-state index contributed by atoms with van der Waals surface area (Å²) in [6.07, 6.45) is 2.43. The van der Waals surface area contributed by atoms with Crippen LogP contribution in [0.4, 0.5) is 11.8 Å². The number of aromatic nitrogens is 5. The highest BCUT2D eigenvalue weighted by Gasteiger charge is 2.25. The third kappa shape index (κ3) is 2.48. The van der Waals surface area contributed by atoms with Crippen LogP contribution in [-0.4, -0.2) is 25.1 Å². The van der Waals surface area contributed by atoms with E-state index in [1.54, 1.807) is 0 Å². The Balaban J connectivity index is 1.80. The zero-order valence-electron chi connectivity index (χ0n) is 8.61. The molecule has 0 bridgehead atoms. The molecule has 88 valence electrons. The van der Waals surface area contributed by atoms with E-state index >= 15 is 0 Å². The zero-order valence-corrected chi connectivity index (χ0v) is 10.1. The molecule has 2 aromatic heterocycles. The molecule has 2 N–H and O–H groups in total. The van der Waals surface area contributed by atoms with Crippen LogP contribution in [0.3, 0.4) is 0 Å². The minimum atomic E-state index is 0.0467. The molecule has 0 amide bonds. The summed E-state index contributed by atoms with van der Waals surface area (Å²) >= 11 is 11.3. The first-order chi connectivity index (χ1) is 8.20. The molecule has 8 heteroatoms. The number of anilines is 2. The van der Waals surface area contributed by atoms with Crippen molar-refractivity contribution in [1.29, 1.82) is 0 Å². The molecule has 0 radical (unpaired) electrons. The van der Waals surface area contributed by atoms with Gasteiger partial charge in [0.05, 0.1) is 0 Å². The molecule has 17 heavy (non-hydrogen) atoms. The molecule has 1 fully saturated rings. The van der Waals surface area contributed by atoms with Crippen LogP contribution in [0, 0.1) is 0 Å². The Morgan fingerprint density at radius 2 is 1.88 bits per heavy atom. The number of halogens is 2. The fourth-order valence-electron chi connectivity index (χ4n) is 1.50. The fraction of sp³-hybridized carbons (Fsp3) is 0.333. The normalized spacial score (nSPS) is 14.9. The summed E-state index contributed by atoms with van der Waals surface area (Å²) in [5, 5.41) is 10.1. The lowest BCUT2D eigenvalue weighted by molar-refractivity contribution is 0.964. The molecule has 0 spiro atoms. The van der Waals surface area contributed by atoms with Crippen molar-refractivity contribution in [3.05, 3.63) is 22.3 Å². The molecule has 3 rings (SSSR count). The topological polar surface area (TPSA) is 79.4 Å². The van der Waals surface area contributed by atoms with Crippen LogP contribution in [0.2, 0.25) is 10.6 Å². The second-order valence-electron chi connectivity index (χ2n) is 3.80. The third-order valence-corrected chi connectivity index (χ3v) is 2.77. The molecule has 2 heterocycles. The van der Waals surface area contributed by atoms with Gasteiger partial charge in [-0.2, -0.15) is 20.1 Å². The van der Waals surface area contributed by atoms with Gasteiger partial charge in [0.2, 0.25) is 16.5 Å². The summed E-state index contributed by atoms with van der Waals surface area (Å²) in [6, 6.07) is 1.93. The van der Waals surface area contributed by atoms with E-state index in [4.69, 9.17) is 23.2 Å². The van der Waals surface area contributed by atoms with Gasteiger partial charge in [-0.3, -0.25) is 5.10 Å². The second kappa shape index (κ2) is 4.12. The average Bonchev–Trinajstić information content (AvgIpc) is 2.99. The van der Waals surface area contributed by atoms with Crippen molar-refractivity contribution in [3.63, 3.8) is 0 Å². The Morgan fingerprint density at radius 1 is 1.18 bits per heavy atom. The first-order valence-corrected chi connectivity index (χ1v) is 5.86. The summed E-state index contributed by atoms with van der Waals surface area (Å²) in [4.78, 5) is 11.4. The van der Waals surface area contributed by atoms with Crippen molar-refractivity contribution in [2.24, 2.45) is 0 Å². The lowest BCUT2D eigenvalue weighted by atomic mass is 10.3. The monoisotopic (exact) mass is 270 g/mol. The molecule has 0 unspecified atom stereocenters. The van der Waals surface area contributed by atoms with Gasteiger partial charge in [0.15, 0.2) is 5.82 Å². The number of rotatable bonds is 3. The van der Waals surface area contributed by atoms with E-state index in [-0.39, 0.29) is 16.5 Å². The minimum absolute atomic E-state index is 0.0467.